The van der Waals surface area contributed by atoms with Gasteiger partial charge >= 0.3 is 17.9 Å². The minimum absolute atomic E-state index is 0.0865. The molecular formula is C69H118O6. The number of hydrogen-bond acceptors (Lipinski definition) is 6. The van der Waals surface area contributed by atoms with Gasteiger partial charge in [-0.05, 0) is 122 Å². The summed E-state index contributed by atoms with van der Waals surface area (Å²) in [5.41, 5.74) is 0. The molecule has 6 nitrogen and oxygen atoms in total. The second-order valence-electron chi connectivity index (χ2n) is 20.9. The van der Waals surface area contributed by atoms with Crippen LogP contribution in [0.4, 0.5) is 0 Å². The van der Waals surface area contributed by atoms with E-state index in [1.54, 1.807) is 0 Å². The van der Waals surface area contributed by atoms with E-state index in [-0.39, 0.29) is 31.1 Å². The van der Waals surface area contributed by atoms with Gasteiger partial charge in [-0.2, -0.15) is 0 Å². The summed E-state index contributed by atoms with van der Waals surface area (Å²) < 4.78 is 16.9. The molecule has 0 aliphatic rings. The fraction of sp³-hybridized carbons (Fsp3) is 0.725. The van der Waals surface area contributed by atoms with Gasteiger partial charge in [-0.25, -0.2) is 0 Å². The number of carbonyl (C=O) groups is 3. The predicted octanol–water partition coefficient (Wildman–Crippen LogP) is 21.7. The maximum Gasteiger partial charge on any atom is 0.306 e. The van der Waals surface area contributed by atoms with Crippen LogP contribution in [-0.2, 0) is 28.6 Å². The first kappa shape index (κ1) is 71.3. The van der Waals surface area contributed by atoms with Crippen molar-refractivity contribution in [3.05, 3.63) is 97.2 Å². The molecule has 0 aromatic rings. The van der Waals surface area contributed by atoms with Crippen LogP contribution in [0.25, 0.3) is 0 Å². The number of rotatable bonds is 57. The first-order valence-electron chi connectivity index (χ1n) is 31.7. The number of hydrogen-bond donors (Lipinski definition) is 0. The van der Waals surface area contributed by atoms with Crippen LogP contribution in [0, 0.1) is 0 Å². The molecule has 0 aromatic carbocycles. The molecule has 0 spiro atoms. The Kier molecular flexibility index (Phi) is 59.8. The van der Waals surface area contributed by atoms with Crippen molar-refractivity contribution in [3.8, 4) is 0 Å². The summed E-state index contributed by atoms with van der Waals surface area (Å²) in [5.74, 6) is -0.903. The maximum absolute atomic E-state index is 12.9. The van der Waals surface area contributed by atoms with Crippen LogP contribution >= 0.6 is 0 Å². The molecule has 0 fully saturated rings. The van der Waals surface area contributed by atoms with Crippen LogP contribution in [0.5, 0.6) is 0 Å². The Morgan fingerprint density at radius 1 is 0.280 bits per heavy atom. The van der Waals surface area contributed by atoms with E-state index < -0.39 is 6.10 Å². The fourth-order valence-electron chi connectivity index (χ4n) is 8.79. The van der Waals surface area contributed by atoms with E-state index >= 15 is 0 Å². The summed E-state index contributed by atoms with van der Waals surface area (Å²) >= 11 is 0. The van der Waals surface area contributed by atoms with Crippen LogP contribution in [0.1, 0.15) is 303 Å². The molecule has 1 unspecified atom stereocenters. The van der Waals surface area contributed by atoms with Crippen LogP contribution in [0.15, 0.2) is 97.2 Å². The predicted molar refractivity (Wildman–Crippen MR) is 325 cm³/mol. The van der Waals surface area contributed by atoms with Gasteiger partial charge in [-0.3, -0.25) is 14.4 Å². The van der Waals surface area contributed by atoms with Crippen molar-refractivity contribution in [2.24, 2.45) is 0 Å². The van der Waals surface area contributed by atoms with Gasteiger partial charge in [0.25, 0.3) is 0 Å². The Bertz CT molecular complexity index is 1480. The maximum atomic E-state index is 12.9. The second-order valence-corrected chi connectivity index (χ2v) is 20.9. The van der Waals surface area contributed by atoms with Crippen molar-refractivity contribution in [1.29, 1.82) is 0 Å². The lowest BCUT2D eigenvalue weighted by Crippen LogP contribution is -2.30. The van der Waals surface area contributed by atoms with Crippen LogP contribution in [0.3, 0.4) is 0 Å². The first-order chi connectivity index (χ1) is 37.0. The van der Waals surface area contributed by atoms with E-state index in [4.69, 9.17) is 14.2 Å². The first-order valence-corrected chi connectivity index (χ1v) is 31.7. The topological polar surface area (TPSA) is 78.9 Å². The van der Waals surface area contributed by atoms with E-state index in [9.17, 15) is 14.4 Å². The molecule has 6 heteroatoms. The average molecular weight is 1040 g/mol. The highest BCUT2D eigenvalue weighted by Crippen LogP contribution is 2.15. The van der Waals surface area contributed by atoms with E-state index in [0.717, 1.165) is 122 Å². The number of carbonyl (C=O) groups excluding carboxylic acids is 3. The van der Waals surface area contributed by atoms with Gasteiger partial charge in [0.1, 0.15) is 13.2 Å². The Hall–Kier alpha value is -3.67. The SMILES string of the molecule is CC/C=C\C/C=C\C/C=C\C/C=C\C/C=C\CCCCCCCCCCCCCC(=O)OCC(COC(=O)CCCCCCC/C=C\CCCCCCC)OC(=O)CCCCCCC/C=C\C/C=C\CCCCCC. The normalized spacial score (nSPS) is 12.7. The Labute approximate surface area is 464 Å². The van der Waals surface area contributed by atoms with Crippen molar-refractivity contribution in [1.82, 2.24) is 0 Å². The molecule has 0 aliphatic carbocycles. The van der Waals surface area contributed by atoms with E-state index in [1.807, 2.05) is 0 Å². The van der Waals surface area contributed by atoms with Gasteiger partial charge in [-0.15, -0.1) is 0 Å². The van der Waals surface area contributed by atoms with E-state index in [0.29, 0.717) is 19.3 Å². The lowest BCUT2D eigenvalue weighted by Gasteiger charge is -2.18. The number of allylic oxidation sites excluding steroid dienone is 16. The third kappa shape index (κ3) is 61.1. The highest BCUT2D eigenvalue weighted by Gasteiger charge is 2.19. The lowest BCUT2D eigenvalue weighted by atomic mass is 10.0. The zero-order valence-electron chi connectivity index (χ0n) is 49.3. The van der Waals surface area contributed by atoms with Crippen LogP contribution in [0.2, 0.25) is 0 Å². The second kappa shape index (κ2) is 62.9. The molecule has 0 N–H and O–H groups in total. The zero-order valence-corrected chi connectivity index (χ0v) is 49.3. The monoisotopic (exact) mass is 1040 g/mol. The van der Waals surface area contributed by atoms with E-state index in [2.05, 4.69) is 118 Å². The van der Waals surface area contributed by atoms with Crippen molar-refractivity contribution < 1.29 is 28.6 Å². The molecule has 0 bridgehead atoms. The Balaban J connectivity index is 4.32. The third-order valence-corrected chi connectivity index (χ3v) is 13.5. The molecule has 0 heterocycles. The summed E-state index contributed by atoms with van der Waals surface area (Å²) in [7, 11) is 0. The molecule has 0 saturated heterocycles. The zero-order chi connectivity index (χ0) is 54.3. The Morgan fingerprint density at radius 3 is 0.840 bits per heavy atom. The van der Waals surface area contributed by atoms with Crippen LogP contribution in [-0.4, -0.2) is 37.2 Å². The summed E-state index contributed by atoms with van der Waals surface area (Å²) in [6.07, 6.45) is 84.1. The van der Waals surface area contributed by atoms with Gasteiger partial charge in [0.2, 0.25) is 0 Å². The minimum Gasteiger partial charge on any atom is -0.462 e. The summed E-state index contributed by atoms with van der Waals surface area (Å²) in [6.45, 7) is 6.50. The smallest absolute Gasteiger partial charge is 0.306 e. The molecule has 0 aromatic heterocycles. The van der Waals surface area contributed by atoms with Gasteiger partial charge in [-0.1, -0.05) is 259 Å². The van der Waals surface area contributed by atoms with Crippen molar-refractivity contribution in [2.45, 2.75) is 309 Å². The highest BCUT2D eigenvalue weighted by molar-refractivity contribution is 5.71. The molecule has 0 saturated carbocycles. The van der Waals surface area contributed by atoms with Crippen molar-refractivity contribution in [2.75, 3.05) is 13.2 Å². The van der Waals surface area contributed by atoms with Crippen molar-refractivity contribution >= 4 is 17.9 Å². The number of esters is 3. The third-order valence-electron chi connectivity index (χ3n) is 13.5. The standard InChI is InChI=1S/C69H118O6/c1-4-7-10-13-16-19-22-25-28-30-31-32-33-34-35-36-37-38-39-40-42-44-47-50-53-56-59-62-68(71)74-65-66(64-73-67(70)61-58-55-52-49-46-43-27-24-21-18-15-12-9-6-3)75-69(72)63-60-57-54-51-48-45-41-29-26-23-20-17-14-11-8-5-2/h7,10,16,19-20,23-25,27-29,31-32,34-35,41,66H,4-6,8-9,11-15,17-18,21-22,26,30,33,36-40,42-65H2,1-3H3/b10-7-,19-16-,23-20-,27-24-,28-25-,32-31-,35-34-,41-29-. The average Bonchev–Trinajstić information content (AvgIpc) is 3.41. The van der Waals surface area contributed by atoms with Gasteiger partial charge in [0, 0.05) is 19.3 Å². The van der Waals surface area contributed by atoms with Gasteiger partial charge in [0.05, 0.1) is 0 Å². The quantitative estimate of drug-likeness (QED) is 0.0261. The number of ether oxygens (including phenoxy) is 3. The molecule has 0 aliphatic heterocycles. The molecular weight excluding hydrogens is 925 g/mol. The van der Waals surface area contributed by atoms with Gasteiger partial charge in [0.15, 0.2) is 6.10 Å². The van der Waals surface area contributed by atoms with E-state index in [1.165, 1.54) is 141 Å². The summed E-state index contributed by atoms with van der Waals surface area (Å²) in [4.78, 5) is 38.3. The molecule has 430 valence electrons. The number of unbranched alkanes of at least 4 members (excludes halogenated alkanes) is 30. The molecule has 0 radical (unpaired) electrons. The summed E-state index contributed by atoms with van der Waals surface area (Å²) in [5, 5.41) is 0. The summed E-state index contributed by atoms with van der Waals surface area (Å²) in [6, 6.07) is 0. The van der Waals surface area contributed by atoms with Crippen molar-refractivity contribution in [3.63, 3.8) is 0 Å². The molecule has 0 rings (SSSR count). The largest absolute Gasteiger partial charge is 0.462 e. The minimum atomic E-state index is -0.790. The van der Waals surface area contributed by atoms with Gasteiger partial charge < -0.3 is 14.2 Å². The van der Waals surface area contributed by atoms with Crippen LogP contribution < -0.4 is 0 Å². The lowest BCUT2D eigenvalue weighted by molar-refractivity contribution is -0.167. The fourth-order valence-corrected chi connectivity index (χ4v) is 8.79. The molecule has 1 atom stereocenters. The Morgan fingerprint density at radius 2 is 0.520 bits per heavy atom. The molecule has 0 amide bonds. The highest BCUT2D eigenvalue weighted by atomic mass is 16.6. The molecule has 75 heavy (non-hydrogen) atoms.